The number of hydrogen-bond acceptors (Lipinski definition) is 6. The standard InChI is InChI=1S/C25H25F2N5O2/c1-14-10-18(16(3)29-19-7-5-4-6-17(19)24(33)34)22-20(11-14)30-21(12-28)23(31-22)32-9-8-25(26,27)15(2)13-32/h4-7,10-11,15-16,29H,8-9,13H2,1-3H3,(H,33,34)/t15-,16-/m1/s1. The zero-order valence-electron chi connectivity index (χ0n) is 19.1. The van der Waals surface area contributed by atoms with Gasteiger partial charge in [0.15, 0.2) is 11.5 Å². The SMILES string of the molecule is Cc1cc([C@@H](C)Nc2ccccc2C(=O)O)c2nc(N3CCC(F)(F)[C@H](C)C3)c(C#N)nc2c1. The van der Waals surface area contributed by atoms with Crippen molar-refractivity contribution in [2.45, 2.75) is 39.2 Å². The predicted molar refractivity (Wildman–Crippen MR) is 125 cm³/mol. The Hall–Kier alpha value is -3.80. The van der Waals surface area contributed by atoms with Crippen LogP contribution in [0.2, 0.25) is 0 Å². The van der Waals surface area contributed by atoms with E-state index in [0.29, 0.717) is 22.5 Å². The molecule has 176 valence electrons. The van der Waals surface area contributed by atoms with Gasteiger partial charge in [-0.15, -0.1) is 0 Å². The molecular formula is C25H25F2N5O2. The summed E-state index contributed by atoms with van der Waals surface area (Å²) in [7, 11) is 0. The summed E-state index contributed by atoms with van der Waals surface area (Å²) in [5.41, 5.74) is 3.43. The molecule has 1 fully saturated rings. The van der Waals surface area contributed by atoms with Gasteiger partial charge in [0.1, 0.15) is 6.07 Å². The van der Waals surface area contributed by atoms with E-state index >= 15 is 0 Å². The average molecular weight is 466 g/mol. The van der Waals surface area contributed by atoms with Crippen LogP contribution in [0, 0.1) is 24.2 Å². The quantitative estimate of drug-likeness (QED) is 0.536. The number of piperidine rings is 1. The van der Waals surface area contributed by atoms with Gasteiger partial charge in [0.2, 0.25) is 0 Å². The van der Waals surface area contributed by atoms with E-state index in [9.17, 15) is 23.9 Å². The number of aromatic carboxylic acids is 1. The summed E-state index contributed by atoms with van der Waals surface area (Å²) in [5, 5.41) is 22.5. The largest absolute Gasteiger partial charge is 0.478 e. The highest BCUT2D eigenvalue weighted by molar-refractivity contribution is 5.94. The number of nitriles is 1. The molecular weight excluding hydrogens is 440 g/mol. The summed E-state index contributed by atoms with van der Waals surface area (Å²) in [6.07, 6.45) is -0.316. The number of benzene rings is 2. The molecule has 2 N–H and O–H groups in total. The van der Waals surface area contributed by atoms with Gasteiger partial charge >= 0.3 is 5.97 Å². The highest BCUT2D eigenvalue weighted by Gasteiger charge is 2.42. The smallest absolute Gasteiger partial charge is 0.337 e. The third-order valence-electron chi connectivity index (χ3n) is 6.26. The van der Waals surface area contributed by atoms with Crippen LogP contribution in [-0.4, -0.2) is 40.1 Å². The number of para-hydroxylation sites is 1. The maximum absolute atomic E-state index is 14.1. The third-order valence-corrected chi connectivity index (χ3v) is 6.26. The lowest BCUT2D eigenvalue weighted by Gasteiger charge is -2.37. The summed E-state index contributed by atoms with van der Waals surface area (Å²) in [6.45, 7) is 5.43. The second-order valence-electron chi connectivity index (χ2n) is 8.80. The minimum atomic E-state index is -2.76. The third kappa shape index (κ3) is 4.36. The minimum Gasteiger partial charge on any atom is -0.478 e. The molecule has 3 aromatic rings. The van der Waals surface area contributed by atoms with Gasteiger partial charge in [-0.05, 0) is 37.6 Å². The van der Waals surface area contributed by atoms with Gasteiger partial charge in [-0.2, -0.15) is 5.26 Å². The number of aryl methyl sites for hydroxylation is 1. The lowest BCUT2D eigenvalue weighted by Crippen LogP contribution is -2.46. The monoisotopic (exact) mass is 465 g/mol. The number of rotatable bonds is 5. The van der Waals surface area contributed by atoms with E-state index in [2.05, 4.69) is 16.4 Å². The van der Waals surface area contributed by atoms with Crippen LogP contribution in [0.25, 0.3) is 11.0 Å². The van der Waals surface area contributed by atoms with Gasteiger partial charge in [0, 0.05) is 36.7 Å². The first-order chi connectivity index (χ1) is 16.1. The number of carboxylic acids is 1. The number of nitrogens with one attached hydrogen (secondary N) is 1. The van der Waals surface area contributed by atoms with E-state index in [0.717, 1.165) is 11.1 Å². The lowest BCUT2D eigenvalue weighted by molar-refractivity contribution is -0.0652. The average Bonchev–Trinajstić information content (AvgIpc) is 2.79. The molecule has 34 heavy (non-hydrogen) atoms. The lowest BCUT2D eigenvalue weighted by atomic mass is 9.95. The molecule has 0 spiro atoms. The van der Waals surface area contributed by atoms with Crippen LogP contribution in [0.4, 0.5) is 20.3 Å². The van der Waals surface area contributed by atoms with Crippen molar-refractivity contribution in [1.82, 2.24) is 9.97 Å². The van der Waals surface area contributed by atoms with Crippen molar-refractivity contribution < 1.29 is 18.7 Å². The van der Waals surface area contributed by atoms with Crippen molar-refractivity contribution in [1.29, 1.82) is 5.26 Å². The van der Waals surface area contributed by atoms with Gasteiger partial charge in [-0.1, -0.05) is 25.1 Å². The summed E-state index contributed by atoms with van der Waals surface area (Å²) < 4.78 is 28.1. The number of anilines is 2. The molecule has 2 heterocycles. The van der Waals surface area contributed by atoms with E-state index in [4.69, 9.17) is 4.98 Å². The summed E-state index contributed by atoms with van der Waals surface area (Å²) in [5.74, 6) is -4.39. The minimum absolute atomic E-state index is 0.0723. The highest BCUT2D eigenvalue weighted by Crippen LogP contribution is 2.36. The van der Waals surface area contributed by atoms with E-state index in [-0.39, 0.29) is 36.8 Å². The van der Waals surface area contributed by atoms with Crippen LogP contribution in [0.15, 0.2) is 36.4 Å². The van der Waals surface area contributed by atoms with Crippen molar-refractivity contribution >= 4 is 28.5 Å². The number of fused-ring (bicyclic) bond motifs is 1. The van der Waals surface area contributed by atoms with Gasteiger partial charge in [-0.25, -0.2) is 23.5 Å². The Morgan fingerprint density at radius 2 is 2.06 bits per heavy atom. The Morgan fingerprint density at radius 3 is 2.74 bits per heavy atom. The first-order valence-electron chi connectivity index (χ1n) is 11.0. The second kappa shape index (κ2) is 8.86. The van der Waals surface area contributed by atoms with Crippen LogP contribution in [0.1, 0.15) is 53.5 Å². The van der Waals surface area contributed by atoms with Crippen LogP contribution in [0.5, 0.6) is 0 Å². The summed E-state index contributed by atoms with van der Waals surface area (Å²) in [4.78, 5) is 22.6. The molecule has 0 radical (unpaired) electrons. The number of carbonyl (C=O) groups is 1. The van der Waals surface area contributed by atoms with Crippen molar-refractivity contribution in [2.75, 3.05) is 23.3 Å². The van der Waals surface area contributed by atoms with Crippen LogP contribution < -0.4 is 10.2 Å². The number of aromatic nitrogens is 2. The fourth-order valence-corrected chi connectivity index (χ4v) is 4.33. The normalized spacial score (nSPS) is 18.4. The molecule has 0 aliphatic carbocycles. The fraction of sp³-hybridized carbons (Fsp3) is 0.360. The number of carboxylic acid groups (broad SMARTS) is 1. The zero-order chi connectivity index (χ0) is 24.6. The molecule has 1 aliphatic heterocycles. The Balaban J connectivity index is 1.78. The maximum Gasteiger partial charge on any atom is 0.337 e. The fourth-order valence-electron chi connectivity index (χ4n) is 4.33. The molecule has 0 bridgehead atoms. The van der Waals surface area contributed by atoms with E-state index < -0.39 is 17.8 Å². The topological polar surface area (TPSA) is 102 Å². The summed E-state index contributed by atoms with van der Waals surface area (Å²) >= 11 is 0. The molecule has 1 aromatic heterocycles. The number of nitrogens with zero attached hydrogens (tertiary/aromatic N) is 4. The van der Waals surface area contributed by atoms with Gasteiger partial charge in [-0.3, -0.25) is 0 Å². The molecule has 1 aliphatic rings. The van der Waals surface area contributed by atoms with E-state index in [1.807, 2.05) is 26.0 Å². The number of alkyl halides is 2. The molecule has 2 atom stereocenters. The maximum atomic E-state index is 14.1. The molecule has 1 saturated heterocycles. The molecule has 2 aromatic carbocycles. The van der Waals surface area contributed by atoms with Gasteiger partial charge in [0.25, 0.3) is 5.92 Å². The Bertz CT molecular complexity index is 1300. The predicted octanol–water partition coefficient (Wildman–Crippen LogP) is 5.16. The molecule has 7 nitrogen and oxygen atoms in total. The molecule has 9 heteroatoms. The van der Waals surface area contributed by atoms with Gasteiger partial charge < -0.3 is 15.3 Å². The first-order valence-corrected chi connectivity index (χ1v) is 11.0. The van der Waals surface area contributed by atoms with Crippen LogP contribution >= 0.6 is 0 Å². The van der Waals surface area contributed by atoms with Gasteiger partial charge in [0.05, 0.1) is 22.6 Å². The van der Waals surface area contributed by atoms with Crippen molar-refractivity contribution in [2.24, 2.45) is 5.92 Å². The molecule has 0 saturated carbocycles. The van der Waals surface area contributed by atoms with Crippen molar-refractivity contribution in [3.8, 4) is 6.07 Å². The Morgan fingerprint density at radius 1 is 1.32 bits per heavy atom. The Kier molecular flexibility index (Phi) is 6.09. The molecule has 4 rings (SSSR count). The van der Waals surface area contributed by atoms with Crippen molar-refractivity contribution in [3.05, 3.63) is 58.8 Å². The number of halogens is 2. The zero-order valence-corrected chi connectivity index (χ0v) is 19.1. The summed E-state index contributed by atoms with van der Waals surface area (Å²) in [6, 6.07) is 12.1. The first kappa shape index (κ1) is 23.4. The van der Waals surface area contributed by atoms with Crippen molar-refractivity contribution in [3.63, 3.8) is 0 Å². The van der Waals surface area contributed by atoms with Crippen LogP contribution in [-0.2, 0) is 0 Å². The second-order valence-corrected chi connectivity index (χ2v) is 8.80. The number of hydrogen-bond donors (Lipinski definition) is 2. The van der Waals surface area contributed by atoms with Crippen LogP contribution in [0.3, 0.4) is 0 Å². The Labute approximate surface area is 196 Å². The molecule has 0 amide bonds. The molecule has 0 unspecified atom stereocenters. The van der Waals surface area contributed by atoms with E-state index in [1.54, 1.807) is 23.1 Å². The highest BCUT2D eigenvalue weighted by atomic mass is 19.3. The van der Waals surface area contributed by atoms with E-state index in [1.165, 1.54) is 13.0 Å².